The minimum Gasteiger partial charge on any atom is -0.255 e. The van der Waals surface area contributed by atoms with E-state index in [2.05, 4.69) is 55.9 Å². The Hall–Kier alpha value is -0.410. The molecule has 0 saturated heterocycles. The summed E-state index contributed by atoms with van der Waals surface area (Å²) < 4.78 is 2.16. The fraction of sp³-hybridized carbons (Fsp3) is 0.100. The number of benzene rings is 1. The molecule has 0 bridgehead atoms. The summed E-state index contributed by atoms with van der Waals surface area (Å²) in [6.07, 6.45) is 1.80. The molecule has 1 nitrogen and oxygen atoms in total. The molecule has 13 heavy (non-hydrogen) atoms. The standard InChI is InChI=1S/C10H7Br2N/c1-6-2-3-7-8(11)4-5-13-10(7)9(6)12/h2-5H,1H3. The van der Waals surface area contributed by atoms with Gasteiger partial charge in [-0.15, -0.1) is 0 Å². The van der Waals surface area contributed by atoms with Crippen molar-refractivity contribution in [2.24, 2.45) is 0 Å². The fourth-order valence-corrected chi connectivity index (χ4v) is 2.14. The maximum atomic E-state index is 4.33. The first-order valence-corrected chi connectivity index (χ1v) is 5.48. The van der Waals surface area contributed by atoms with Crippen LogP contribution < -0.4 is 0 Å². The van der Waals surface area contributed by atoms with Crippen molar-refractivity contribution >= 4 is 42.8 Å². The van der Waals surface area contributed by atoms with Crippen LogP contribution in [0.25, 0.3) is 10.9 Å². The van der Waals surface area contributed by atoms with Crippen molar-refractivity contribution in [2.75, 3.05) is 0 Å². The summed E-state index contributed by atoms with van der Waals surface area (Å²) >= 11 is 7.03. The molecule has 66 valence electrons. The van der Waals surface area contributed by atoms with Gasteiger partial charge in [-0.2, -0.15) is 0 Å². The summed E-state index contributed by atoms with van der Waals surface area (Å²) in [4.78, 5) is 4.33. The molecule has 0 aliphatic carbocycles. The van der Waals surface area contributed by atoms with Crippen LogP contribution in [0.3, 0.4) is 0 Å². The highest BCUT2D eigenvalue weighted by Crippen LogP contribution is 2.29. The predicted octanol–water partition coefficient (Wildman–Crippen LogP) is 4.07. The van der Waals surface area contributed by atoms with Crippen molar-refractivity contribution < 1.29 is 0 Å². The van der Waals surface area contributed by atoms with E-state index in [1.807, 2.05) is 6.07 Å². The lowest BCUT2D eigenvalue weighted by molar-refractivity contribution is 1.36. The van der Waals surface area contributed by atoms with Gasteiger partial charge in [0.15, 0.2) is 0 Å². The number of nitrogens with zero attached hydrogens (tertiary/aromatic N) is 1. The summed E-state index contributed by atoms with van der Waals surface area (Å²) in [6.45, 7) is 2.06. The Morgan fingerprint density at radius 3 is 2.69 bits per heavy atom. The van der Waals surface area contributed by atoms with Gasteiger partial charge in [-0.25, -0.2) is 0 Å². The van der Waals surface area contributed by atoms with Crippen molar-refractivity contribution in [1.82, 2.24) is 4.98 Å². The summed E-state index contributed by atoms with van der Waals surface area (Å²) in [6, 6.07) is 6.11. The third-order valence-corrected chi connectivity index (χ3v) is 3.68. The second kappa shape index (κ2) is 3.39. The van der Waals surface area contributed by atoms with Gasteiger partial charge >= 0.3 is 0 Å². The van der Waals surface area contributed by atoms with Gasteiger partial charge in [-0.3, -0.25) is 4.98 Å². The van der Waals surface area contributed by atoms with Crippen LogP contribution >= 0.6 is 31.9 Å². The molecule has 0 aliphatic heterocycles. The van der Waals surface area contributed by atoms with Crippen LogP contribution in [0.4, 0.5) is 0 Å². The van der Waals surface area contributed by atoms with Crippen LogP contribution in [0.15, 0.2) is 33.3 Å². The van der Waals surface area contributed by atoms with Crippen molar-refractivity contribution in [3.8, 4) is 0 Å². The Labute approximate surface area is 93.4 Å². The van der Waals surface area contributed by atoms with E-state index in [1.54, 1.807) is 6.20 Å². The van der Waals surface area contributed by atoms with Crippen LogP contribution in [0.2, 0.25) is 0 Å². The van der Waals surface area contributed by atoms with E-state index >= 15 is 0 Å². The number of pyridine rings is 1. The third kappa shape index (κ3) is 1.51. The normalized spacial score (nSPS) is 10.7. The number of aryl methyl sites for hydroxylation is 1. The van der Waals surface area contributed by atoms with E-state index < -0.39 is 0 Å². The molecule has 0 saturated carbocycles. The van der Waals surface area contributed by atoms with E-state index in [-0.39, 0.29) is 0 Å². The maximum absolute atomic E-state index is 4.33. The summed E-state index contributed by atoms with van der Waals surface area (Å²) in [5.74, 6) is 0. The first-order valence-electron chi connectivity index (χ1n) is 3.89. The average molecular weight is 301 g/mol. The molecule has 1 aromatic carbocycles. The highest BCUT2D eigenvalue weighted by atomic mass is 79.9. The van der Waals surface area contributed by atoms with Gasteiger partial charge in [0.05, 0.1) is 5.52 Å². The first kappa shape index (κ1) is 9.16. The second-order valence-electron chi connectivity index (χ2n) is 2.89. The molecule has 0 aliphatic rings. The van der Waals surface area contributed by atoms with Gasteiger partial charge in [-0.05, 0) is 34.5 Å². The highest BCUT2D eigenvalue weighted by molar-refractivity contribution is 9.11. The number of aromatic nitrogens is 1. The van der Waals surface area contributed by atoms with Crippen LogP contribution in [0.5, 0.6) is 0 Å². The number of hydrogen-bond donors (Lipinski definition) is 0. The Bertz CT molecular complexity index is 466. The average Bonchev–Trinajstić information content (AvgIpc) is 2.12. The smallest absolute Gasteiger partial charge is 0.0857 e. The molecular formula is C10H7Br2N. The lowest BCUT2D eigenvalue weighted by atomic mass is 10.1. The van der Waals surface area contributed by atoms with Crippen molar-refractivity contribution in [3.05, 3.63) is 38.9 Å². The van der Waals surface area contributed by atoms with Crippen LogP contribution in [0.1, 0.15) is 5.56 Å². The number of hydrogen-bond acceptors (Lipinski definition) is 1. The van der Waals surface area contributed by atoms with E-state index in [1.165, 1.54) is 5.56 Å². The molecule has 0 N–H and O–H groups in total. The Morgan fingerprint density at radius 2 is 1.92 bits per heavy atom. The molecule has 1 heterocycles. The molecule has 0 unspecified atom stereocenters. The predicted molar refractivity (Wildman–Crippen MR) is 61.9 cm³/mol. The Balaban J connectivity index is 2.94. The molecule has 3 heteroatoms. The monoisotopic (exact) mass is 299 g/mol. The number of fused-ring (bicyclic) bond motifs is 1. The van der Waals surface area contributed by atoms with Crippen molar-refractivity contribution in [2.45, 2.75) is 6.92 Å². The maximum Gasteiger partial charge on any atom is 0.0857 e. The van der Waals surface area contributed by atoms with Gasteiger partial charge in [0, 0.05) is 20.5 Å². The largest absolute Gasteiger partial charge is 0.255 e. The SMILES string of the molecule is Cc1ccc2c(Br)ccnc2c1Br. The molecule has 0 spiro atoms. The zero-order valence-electron chi connectivity index (χ0n) is 7.01. The van der Waals surface area contributed by atoms with Gasteiger partial charge in [0.2, 0.25) is 0 Å². The molecule has 0 fully saturated rings. The van der Waals surface area contributed by atoms with Gasteiger partial charge < -0.3 is 0 Å². The van der Waals surface area contributed by atoms with Crippen LogP contribution in [-0.4, -0.2) is 4.98 Å². The molecule has 0 radical (unpaired) electrons. The number of rotatable bonds is 0. The number of halogens is 2. The lowest BCUT2D eigenvalue weighted by Crippen LogP contribution is -1.83. The lowest BCUT2D eigenvalue weighted by Gasteiger charge is -2.03. The third-order valence-electron chi connectivity index (χ3n) is 1.99. The topological polar surface area (TPSA) is 12.9 Å². The first-order chi connectivity index (χ1) is 6.20. The van der Waals surface area contributed by atoms with E-state index in [9.17, 15) is 0 Å². The van der Waals surface area contributed by atoms with E-state index in [4.69, 9.17) is 0 Å². The van der Waals surface area contributed by atoms with Gasteiger partial charge in [-0.1, -0.05) is 28.1 Å². The summed E-state index contributed by atoms with van der Waals surface area (Å²) in [5, 5.41) is 1.14. The minimum atomic E-state index is 1.01. The zero-order chi connectivity index (χ0) is 9.42. The molecule has 0 amide bonds. The van der Waals surface area contributed by atoms with E-state index in [0.717, 1.165) is 19.8 Å². The van der Waals surface area contributed by atoms with E-state index in [0.29, 0.717) is 0 Å². The van der Waals surface area contributed by atoms with Crippen molar-refractivity contribution in [3.63, 3.8) is 0 Å². The Kier molecular flexibility index (Phi) is 2.39. The second-order valence-corrected chi connectivity index (χ2v) is 4.53. The highest BCUT2D eigenvalue weighted by Gasteiger charge is 2.04. The molecule has 0 atom stereocenters. The van der Waals surface area contributed by atoms with Crippen LogP contribution in [-0.2, 0) is 0 Å². The summed E-state index contributed by atoms with van der Waals surface area (Å²) in [7, 11) is 0. The molecular weight excluding hydrogens is 294 g/mol. The Morgan fingerprint density at radius 1 is 1.15 bits per heavy atom. The minimum absolute atomic E-state index is 1.01. The molecule has 2 rings (SSSR count). The molecule has 1 aromatic heterocycles. The van der Waals surface area contributed by atoms with Crippen molar-refractivity contribution in [1.29, 1.82) is 0 Å². The fourth-order valence-electron chi connectivity index (χ4n) is 1.25. The van der Waals surface area contributed by atoms with Gasteiger partial charge in [0.1, 0.15) is 0 Å². The quantitative estimate of drug-likeness (QED) is 0.715. The zero-order valence-corrected chi connectivity index (χ0v) is 10.2. The molecule has 2 aromatic rings. The van der Waals surface area contributed by atoms with Crippen LogP contribution in [0, 0.1) is 6.92 Å². The van der Waals surface area contributed by atoms with Gasteiger partial charge in [0.25, 0.3) is 0 Å². The summed E-state index contributed by atoms with van der Waals surface area (Å²) in [5.41, 5.74) is 2.22.